The normalized spacial score (nSPS) is 17.3. The van der Waals surface area contributed by atoms with Crippen LogP contribution in [0.4, 0.5) is 0 Å². The van der Waals surface area contributed by atoms with E-state index in [0.717, 1.165) is 40.1 Å². The summed E-state index contributed by atoms with van der Waals surface area (Å²) in [5.74, 6) is 0.0908. The Morgan fingerprint density at radius 3 is 2.68 bits per heavy atom. The van der Waals surface area contributed by atoms with E-state index in [-0.39, 0.29) is 11.8 Å². The molecule has 8 nitrogen and oxygen atoms in total. The van der Waals surface area contributed by atoms with E-state index in [1.165, 1.54) is 0 Å². The van der Waals surface area contributed by atoms with Crippen molar-refractivity contribution in [1.82, 2.24) is 29.9 Å². The maximum atomic E-state index is 13.5. The van der Waals surface area contributed by atoms with Gasteiger partial charge in [0.2, 0.25) is 5.91 Å². The molecule has 0 aromatic carbocycles. The predicted molar refractivity (Wildman–Crippen MR) is 120 cm³/mol. The third-order valence-electron chi connectivity index (χ3n) is 5.94. The number of nitrogens with zero attached hydrogens (tertiary/aromatic N) is 5. The molecule has 0 spiro atoms. The Hall–Kier alpha value is -2.78. The first-order valence-corrected chi connectivity index (χ1v) is 11.6. The monoisotopic (exact) mass is 438 g/mol. The molecule has 1 saturated heterocycles. The van der Waals surface area contributed by atoms with Crippen LogP contribution in [0.15, 0.2) is 23.6 Å². The van der Waals surface area contributed by atoms with E-state index in [0.29, 0.717) is 44.3 Å². The minimum Gasteiger partial charge on any atom is -0.352 e. The molecule has 0 atom stereocenters. The molecule has 0 bridgehead atoms. The molecule has 3 aromatic rings. The minimum atomic E-state index is 0.00314. The van der Waals surface area contributed by atoms with Crippen molar-refractivity contribution in [2.45, 2.75) is 25.8 Å². The molecule has 5 rings (SSSR count). The summed E-state index contributed by atoms with van der Waals surface area (Å²) in [5.41, 5.74) is 2.98. The summed E-state index contributed by atoms with van der Waals surface area (Å²) < 4.78 is 1.75. The molecule has 2 fully saturated rings. The average molecular weight is 439 g/mol. The molecule has 2 aliphatic rings. The Morgan fingerprint density at radius 1 is 1.23 bits per heavy atom. The fraction of sp³-hybridized carbons (Fsp3) is 0.455. The van der Waals surface area contributed by atoms with E-state index in [1.807, 2.05) is 42.5 Å². The quantitative estimate of drug-likeness (QED) is 0.659. The highest BCUT2D eigenvalue weighted by atomic mass is 32.1. The first-order valence-electron chi connectivity index (χ1n) is 10.7. The van der Waals surface area contributed by atoms with Crippen LogP contribution in [0.2, 0.25) is 0 Å². The molecule has 0 unspecified atom stereocenters. The number of piperazine rings is 1. The van der Waals surface area contributed by atoms with Crippen molar-refractivity contribution in [2.24, 2.45) is 7.05 Å². The average Bonchev–Trinajstić information content (AvgIpc) is 3.29. The van der Waals surface area contributed by atoms with Crippen LogP contribution in [0.1, 0.15) is 28.9 Å². The van der Waals surface area contributed by atoms with E-state index in [9.17, 15) is 9.59 Å². The topological polar surface area (TPSA) is 83.4 Å². The first kappa shape index (κ1) is 20.1. The van der Waals surface area contributed by atoms with Crippen LogP contribution in [0.3, 0.4) is 0 Å². The summed E-state index contributed by atoms with van der Waals surface area (Å²) in [4.78, 5) is 35.5. The second-order valence-corrected chi connectivity index (χ2v) is 9.30. The van der Waals surface area contributed by atoms with Gasteiger partial charge in [-0.25, -0.2) is 4.98 Å². The number of hydrogen-bond acceptors (Lipinski definition) is 6. The number of hydrogen-bond donors (Lipinski definition) is 1. The van der Waals surface area contributed by atoms with Gasteiger partial charge in [0.25, 0.3) is 5.91 Å². The number of aromatic nitrogens is 3. The lowest BCUT2D eigenvalue weighted by molar-refractivity contribution is -0.122. The molecule has 0 radical (unpaired) electrons. The molecule has 1 saturated carbocycles. The second-order valence-electron chi connectivity index (χ2n) is 8.35. The molecular weight excluding hydrogens is 412 g/mol. The number of carbonyl (C=O) groups is 2. The van der Waals surface area contributed by atoms with Gasteiger partial charge in [0.05, 0.1) is 33.8 Å². The van der Waals surface area contributed by atoms with Gasteiger partial charge in [0, 0.05) is 39.3 Å². The van der Waals surface area contributed by atoms with E-state index in [1.54, 1.807) is 16.0 Å². The number of pyridine rings is 1. The lowest BCUT2D eigenvalue weighted by atomic mass is 10.1. The number of rotatable bonds is 5. The van der Waals surface area contributed by atoms with E-state index >= 15 is 0 Å². The summed E-state index contributed by atoms with van der Waals surface area (Å²) in [6.45, 7) is 4.92. The zero-order valence-electron chi connectivity index (χ0n) is 17.8. The van der Waals surface area contributed by atoms with Gasteiger partial charge in [0.15, 0.2) is 5.65 Å². The standard InChI is InChI=1S/C22H26N6O2S/c1-14-20-16(12-17(18-4-3-11-31-18)24-21(20)26(2)25-14)22(30)28-9-7-27(8-10-28)13-19(29)23-15-5-6-15/h3-4,11-12,15H,5-10,13H2,1-2H3,(H,23,29). The highest BCUT2D eigenvalue weighted by molar-refractivity contribution is 7.13. The van der Waals surface area contributed by atoms with Crippen LogP contribution in [-0.2, 0) is 11.8 Å². The van der Waals surface area contributed by atoms with Crippen molar-refractivity contribution in [1.29, 1.82) is 0 Å². The van der Waals surface area contributed by atoms with Crippen molar-refractivity contribution in [3.8, 4) is 10.6 Å². The van der Waals surface area contributed by atoms with E-state index in [4.69, 9.17) is 4.98 Å². The van der Waals surface area contributed by atoms with E-state index in [2.05, 4.69) is 15.3 Å². The maximum absolute atomic E-state index is 13.5. The molecule has 3 aromatic heterocycles. The number of thiophene rings is 1. The molecule has 2 amide bonds. The highest BCUT2D eigenvalue weighted by Gasteiger charge is 2.28. The van der Waals surface area contributed by atoms with Gasteiger partial charge in [-0.3, -0.25) is 19.2 Å². The SMILES string of the molecule is Cc1nn(C)c2nc(-c3cccs3)cc(C(=O)N3CCN(CC(=O)NC4CC4)CC3)c12. The van der Waals surface area contributed by atoms with Gasteiger partial charge >= 0.3 is 0 Å². The highest BCUT2D eigenvalue weighted by Crippen LogP contribution is 2.30. The van der Waals surface area contributed by atoms with Crippen LogP contribution in [0.5, 0.6) is 0 Å². The minimum absolute atomic E-state index is 0.00314. The fourth-order valence-electron chi connectivity index (χ4n) is 4.15. The van der Waals surface area contributed by atoms with Gasteiger partial charge in [-0.15, -0.1) is 11.3 Å². The van der Waals surface area contributed by atoms with Crippen LogP contribution >= 0.6 is 11.3 Å². The molecule has 1 N–H and O–H groups in total. The third kappa shape index (κ3) is 4.07. The van der Waals surface area contributed by atoms with Crippen molar-refractivity contribution in [2.75, 3.05) is 32.7 Å². The van der Waals surface area contributed by atoms with Crippen molar-refractivity contribution in [3.05, 3.63) is 34.8 Å². The van der Waals surface area contributed by atoms with Crippen LogP contribution < -0.4 is 5.32 Å². The third-order valence-corrected chi connectivity index (χ3v) is 6.83. The van der Waals surface area contributed by atoms with Gasteiger partial charge in [0.1, 0.15) is 0 Å². The Balaban J connectivity index is 1.36. The summed E-state index contributed by atoms with van der Waals surface area (Å²) >= 11 is 1.61. The van der Waals surface area contributed by atoms with Crippen LogP contribution in [0.25, 0.3) is 21.6 Å². The van der Waals surface area contributed by atoms with Crippen LogP contribution in [0, 0.1) is 6.92 Å². The molecule has 31 heavy (non-hydrogen) atoms. The lowest BCUT2D eigenvalue weighted by Gasteiger charge is -2.34. The Bertz CT molecular complexity index is 1130. The smallest absolute Gasteiger partial charge is 0.254 e. The fourth-order valence-corrected chi connectivity index (χ4v) is 4.83. The van der Waals surface area contributed by atoms with E-state index < -0.39 is 0 Å². The maximum Gasteiger partial charge on any atom is 0.254 e. The van der Waals surface area contributed by atoms with Gasteiger partial charge in [-0.2, -0.15) is 5.10 Å². The number of carbonyl (C=O) groups excluding carboxylic acids is 2. The molecule has 1 aliphatic carbocycles. The molecule has 9 heteroatoms. The largest absolute Gasteiger partial charge is 0.352 e. The van der Waals surface area contributed by atoms with Crippen LogP contribution in [-0.4, -0.2) is 75.1 Å². The summed E-state index contributed by atoms with van der Waals surface area (Å²) in [6.07, 6.45) is 2.19. The zero-order chi connectivity index (χ0) is 21.5. The van der Waals surface area contributed by atoms with Gasteiger partial charge < -0.3 is 10.2 Å². The summed E-state index contributed by atoms with van der Waals surface area (Å²) in [5, 5.41) is 10.4. The Kier molecular flexibility index (Phi) is 5.23. The molecular formula is C22H26N6O2S. The number of nitrogens with one attached hydrogen (secondary N) is 1. The Labute approximate surface area is 184 Å². The lowest BCUT2D eigenvalue weighted by Crippen LogP contribution is -2.51. The number of aryl methyl sites for hydroxylation is 2. The number of amides is 2. The zero-order valence-corrected chi connectivity index (χ0v) is 18.6. The van der Waals surface area contributed by atoms with Crippen molar-refractivity contribution < 1.29 is 9.59 Å². The second kappa shape index (κ2) is 8.05. The molecule has 4 heterocycles. The first-order chi connectivity index (χ1) is 15.0. The summed E-state index contributed by atoms with van der Waals surface area (Å²) in [6, 6.07) is 6.29. The molecule has 162 valence electrons. The van der Waals surface area contributed by atoms with Crippen molar-refractivity contribution >= 4 is 34.2 Å². The van der Waals surface area contributed by atoms with Crippen molar-refractivity contribution in [3.63, 3.8) is 0 Å². The number of fused-ring (bicyclic) bond motifs is 1. The van der Waals surface area contributed by atoms with Gasteiger partial charge in [-0.1, -0.05) is 6.07 Å². The Morgan fingerprint density at radius 2 is 2.00 bits per heavy atom. The molecule has 1 aliphatic heterocycles. The predicted octanol–water partition coefficient (Wildman–Crippen LogP) is 2.04. The van der Waals surface area contributed by atoms with Gasteiger partial charge in [-0.05, 0) is 37.3 Å². The summed E-state index contributed by atoms with van der Waals surface area (Å²) in [7, 11) is 1.86.